The van der Waals surface area contributed by atoms with Crippen molar-refractivity contribution in [2.24, 2.45) is 0 Å². The number of alkyl halides is 1. The summed E-state index contributed by atoms with van der Waals surface area (Å²) >= 11 is 0. The molecule has 0 fully saturated rings. The van der Waals surface area contributed by atoms with Gasteiger partial charge in [-0.25, -0.2) is 22.0 Å². The molecular formula is C9H11F5O2Si. The van der Waals surface area contributed by atoms with Gasteiger partial charge in [-0.3, -0.25) is 0 Å². The van der Waals surface area contributed by atoms with Crippen LogP contribution < -0.4 is 0 Å². The second-order valence-corrected chi connectivity index (χ2v) is 6.54. The number of hydrogen-bond donors (Lipinski definition) is 0. The Bertz CT molecular complexity index is 380. The molecule has 98 valence electrons. The van der Waals surface area contributed by atoms with Gasteiger partial charge in [0.1, 0.15) is 10.9 Å². The zero-order valence-electron chi connectivity index (χ0n) is 9.36. The lowest BCUT2D eigenvalue weighted by molar-refractivity contribution is 0.167. The van der Waals surface area contributed by atoms with Crippen LogP contribution in [-0.4, -0.2) is 29.7 Å². The van der Waals surface area contributed by atoms with Crippen LogP contribution >= 0.6 is 0 Å². The van der Waals surface area contributed by atoms with Crippen molar-refractivity contribution in [3.8, 4) is 0 Å². The topological polar surface area (TPSA) is 18.5 Å². The van der Waals surface area contributed by atoms with Crippen LogP contribution in [0.4, 0.5) is 22.0 Å². The summed E-state index contributed by atoms with van der Waals surface area (Å²) in [6, 6.07) is 0. The van der Waals surface area contributed by atoms with Gasteiger partial charge in [-0.15, -0.1) is 0 Å². The van der Waals surface area contributed by atoms with Crippen LogP contribution in [0.15, 0.2) is 23.3 Å². The van der Waals surface area contributed by atoms with Gasteiger partial charge in [0.15, 0.2) is 23.7 Å². The molecule has 0 aromatic carbocycles. The van der Waals surface area contributed by atoms with Crippen LogP contribution in [0.25, 0.3) is 0 Å². The van der Waals surface area contributed by atoms with Crippen molar-refractivity contribution < 1.29 is 30.8 Å². The van der Waals surface area contributed by atoms with E-state index in [1.165, 1.54) is 0 Å². The van der Waals surface area contributed by atoms with Gasteiger partial charge >= 0.3 is 9.28 Å². The summed E-state index contributed by atoms with van der Waals surface area (Å²) in [5.41, 5.74) is 0. The molecule has 0 bridgehead atoms. The molecule has 0 saturated heterocycles. The van der Waals surface area contributed by atoms with Gasteiger partial charge in [0.05, 0.1) is 0 Å². The molecule has 0 heterocycles. The van der Waals surface area contributed by atoms with E-state index in [9.17, 15) is 22.0 Å². The van der Waals surface area contributed by atoms with Crippen LogP contribution in [0, 0.1) is 0 Å². The van der Waals surface area contributed by atoms with Crippen molar-refractivity contribution in [2.75, 3.05) is 14.2 Å². The SMILES string of the molecule is CO[SiH](OC)C1(C)C(F)=C(F)C(F)=C(F)C1F. The molecule has 0 N–H and O–H groups in total. The van der Waals surface area contributed by atoms with Crippen LogP contribution in [0.5, 0.6) is 0 Å². The highest BCUT2D eigenvalue weighted by atomic mass is 28.3. The molecule has 0 radical (unpaired) electrons. The standard InChI is InChI=1S/C9H11F5O2Si/c1-9(17(15-2)16-3)7(13)5(11)4(10)6(12)8(9)14/h7,17H,1-3H3. The maximum Gasteiger partial charge on any atom is 0.337 e. The van der Waals surface area contributed by atoms with E-state index in [1.54, 1.807) is 0 Å². The Balaban J connectivity index is 3.36. The summed E-state index contributed by atoms with van der Waals surface area (Å²) in [5, 5.41) is -2.27. The van der Waals surface area contributed by atoms with Crippen molar-refractivity contribution in [1.29, 1.82) is 0 Å². The average Bonchev–Trinajstić information content (AvgIpc) is 2.33. The lowest BCUT2D eigenvalue weighted by Crippen LogP contribution is -2.44. The molecule has 17 heavy (non-hydrogen) atoms. The van der Waals surface area contributed by atoms with Crippen molar-refractivity contribution in [3.63, 3.8) is 0 Å². The van der Waals surface area contributed by atoms with E-state index in [-0.39, 0.29) is 0 Å². The van der Waals surface area contributed by atoms with E-state index < -0.39 is 43.8 Å². The predicted octanol–water partition coefficient (Wildman–Crippen LogP) is 2.91. The number of rotatable bonds is 3. The van der Waals surface area contributed by atoms with E-state index in [0.29, 0.717) is 0 Å². The Labute approximate surface area is 96.6 Å². The highest BCUT2D eigenvalue weighted by molar-refractivity contribution is 6.50. The van der Waals surface area contributed by atoms with E-state index in [4.69, 9.17) is 8.85 Å². The number of halogens is 5. The van der Waals surface area contributed by atoms with E-state index in [2.05, 4.69) is 0 Å². The van der Waals surface area contributed by atoms with Gasteiger partial charge in [-0.2, -0.15) is 0 Å². The van der Waals surface area contributed by atoms with E-state index in [0.717, 1.165) is 21.1 Å². The summed E-state index contributed by atoms with van der Waals surface area (Å²) in [5.74, 6) is -7.87. The normalized spacial score (nSPS) is 30.5. The Morgan fingerprint density at radius 1 is 1.06 bits per heavy atom. The Morgan fingerprint density at radius 2 is 1.53 bits per heavy atom. The molecule has 0 aromatic rings. The van der Waals surface area contributed by atoms with Gasteiger partial charge < -0.3 is 8.85 Å². The van der Waals surface area contributed by atoms with Gasteiger partial charge in [-0.1, -0.05) is 0 Å². The maximum absolute atomic E-state index is 13.7. The molecule has 0 aliphatic heterocycles. The van der Waals surface area contributed by atoms with Crippen molar-refractivity contribution in [1.82, 2.24) is 0 Å². The fourth-order valence-corrected chi connectivity index (χ4v) is 3.62. The molecule has 2 atom stereocenters. The van der Waals surface area contributed by atoms with Crippen LogP contribution in [0.2, 0.25) is 5.04 Å². The molecule has 0 spiro atoms. The second kappa shape index (κ2) is 4.87. The Hall–Kier alpha value is -0.733. The molecule has 8 heteroatoms. The third kappa shape index (κ3) is 1.93. The average molecular weight is 274 g/mol. The summed E-state index contributed by atoms with van der Waals surface area (Å²) in [4.78, 5) is 0. The highest BCUT2D eigenvalue weighted by Gasteiger charge is 2.56. The molecule has 1 aliphatic rings. The smallest absolute Gasteiger partial charge is 0.337 e. The number of hydrogen-bond acceptors (Lipinski definition) is 2. The highest BCUT2D eigenvalue weighted by Crippen LogP contribution is 2.54. The van der Waals surface area contributed by atoms with Crippen LogP contribution in [0.3, 0.4) is 0 Å². The molecule has 1 aliphatic carbocycles. The summed E-state index contributed by atoms with van der Waals surface area (Å²) in [6.45, 7) is 0.905. The largest absolute Gasteiger partial charge is 0.399 e. The monoisotopic (exact) mass is 274 g/mol. The zero-order valence-corrected chi connectivity index (χ0v) is 10.5. The molecule has 0 aromatic heterocycles. The minimum Gasteiger partial charge on any atom is -0.399 e. The third-order valence-electron chi connectivity index (χ3n) is 2.73. The summed E-state index contributed by atoms with van der Waals surface area (Å²) in [7, 11) is -0.883. The third-order valence-corrected chi connectivity index (χ3v) is 5.12. The Kier molecular flexibility index (Phi) is 4.10. The van der Waals surface area contributed by atoms with Crippen molar-refractivity contribution in [2.45, 2.75) is 18.1 Å². The van der Waals surface area contributed by atoms with Crippen LogP contribution in [0.1, 0.15) is 6.92 Å². The predicted molar refractivity (Wildman–Crippen MR) is 52.9 cm³/mol. The molecule has 1 rings (SSSR count). The Morgan fingerprint density at radius 3 is 1.94 bits per heavy atom. The fourth-order valence-electron chi connectivity index (χ4n) is 1.73. The molecule has 0 saturated carbocycles. The molecule has 0 amide bonds. The summed E-state index contributed by atoms with van der Waals surface area (Å²) in [6.07, 6.45) is -2.67. The molecule has 2 nitrogen and oxygen atoms in total. The maximum atomic E-state index is 13.7. The number of allylic oxidation sites excluding steroid dienone is 4. The minimum atomic E-state index is -3.10. The van der Waals surface area contributed by atoms with Gasteiger partial charge in [0.2, 0.25) is 0 Å². The van der Waals surface area contributed by atoms with Crippen molar-refractivity contribution in [3.05, 3.63) is 23.3 Å². The van der Waals surface area contributed by atoms with Gasteiger partial charge in [0.25, 0.3) is 0 Å². The lowest BCUT2D eigenvalue weighted by Gasteiger charge is -2.36. The second-order valence-electron chi connectivity index (χ2n) is 3.74. The van der Waals surface area contributed by atoms with Gasteiger partial charge in [-0.05, 0) is 6.92 Å². The van der Waals surface area contributed by atoms with E-state index in [1.807, 2.05) is 0 Å². The first-order chi connectivity index (χ1) is 7.82. The first-order valence-electron chi connectivity index (χ1n) is 4.63. The van der Waals surface area contributed by atoms with Crippen molar-refractivity contribution >= 4 is 9.28 Å². The summed E-state index contributed by atoms with van der Waals surface area (Å²) < 4.78 is 75.8. The zero-order chi connectivity index (χ0) is 13.4. The molecular weight excluding hydrogens is 263 g/mol. The lowest BCUT2D eigenvalue weighted by atomic mass is 9.96. The van der Waals surface area contributed by atoms with Crippen LogP contribution in [-0.2, 0) is 8.85 Å². The minimum absolute atomic E-state index is 0.905. The first kappa shape index (κ1) is 14.3. The quantitative estimate of drug-likeness (QED) is 0.582. The fraction of sp³-hybridized carbons (Fsp3) is 0.556. The van der Waals surface area contributed by atoms with Gasteiger partial charge in [0, 0.05) is 14.2 Å². The first-order valence-corrected chi connectivity index (χ1v) is 6.15. The molecule has 2 unspecified atom stereocenters. The van der Waals surface area contributed by atoms with E-state index >= 15 is 0 Å².